The number of rotatable bonds is 9. The fraction of sp³-hybridized carbons (Fsp3) is 0.500. The van der Waals surface area contributed by atoms with E-state index in [4.69, 9.17) is 14.2 Å². The minimum absolute atomic E-state index is 0.000395. The Morgan fingerprint density at radius 3 is 2.59 bits per heavy atom. The molecule has 3 aromatic rings. The van der Waals surface area contributed by atoms with Gasteiger partial charge in [0.05, 0.1) is 16.9 Å². The van der Waals surface area contributed by atoms with Crippen LogP contribution in [0.2, 0.25) is 0 Å². The zero-order valence-corrected chi connectivity index (χ0v) is 23.4. The molecule has 212 valence electrons. The predicted molar refractivity (Wildman–Crippen MR) is 144 cm³/mol. The molecular formula is C26H34N4O8S. The minimum Gasteiger partial charge on any atom is -0.444 e. The lowest BCUT2D eigenvalue weighted by molar-refractivity contribution is 0.0502. The lowest BCUT2D eigenvalue weighted by Gasteiger charge is -2.27. The maximum absolute atomic E-state index is 13.8. The van der Waals surface area contributed by atoms with Gasteiger partial charge in [-0.1, -0.05) is 6.92 Å². The molecule has 4 rings (SSSR count). The van der Waals surface area contributed by atoms with Gasteiger partial charge in [0.15, 0.2) is 5.75 Å². The molecule has 1 aromatic carbocycles. The van der Waals surface area contributed by atoms with Crippen molar-refractivity contribution in [2.45, 2.75) is 76.5 Å². The Kier molecular flexibility index (Phi) is 7.94. The highest BCUT2D eigenvalue weighted by atomic mass is 32.2. The van der Waals surface area contributed by atoms with E-state index in [1.54, 1.807) is 27.7 Å². The van der Waals surface area contributed by atoms with E-state index in [0.29, 0.717) is 30.2 Å². The van der Waals surface area contributed by atoms with Crippen LogP contribution < -0.4 is 15.6 Å². The number of carbonyl (C=O) groups excluding carboxylic acids is 2. The molecule has 0 radical (unpaired) electrons. The largest absolute Gasteiger partial charge is 0.513 e. The van der Waals surface area contributed by atoms with Crippen molar-refractivity contribution in [2.75, 3.05) is 13.2 Å². The highest BCUT2D eigenvalue weighted by Crippen LogP contribution is 2.35. The fourth-order valence-electron chi connectivity index (χ4n) is 4.19. The van der Waals surface area contributed by atoms with E-state index in [0.717, 1.165) is 0 Å². The molecule has 0 unspecified atom stereocenters. The first-order valence-corrected chi connectivity index (χ1v) is 14.3. The number of hydrogen-bond donors (Lipinski definition) is 3. The van der Waals surface area contributed by atoms with Crippen LogP contribution in [0.1, 0.15) is 53.9 Å². The van der Waals surface area contributed by atoms with Gasteiger partial charge in [0.25, 0.3) is 5.56 Å². The second kappa shape index (κ2) is 10.9. The van der Waals surface area contributed by atoms with Crippen LogP contribution in [0.15, 0.2) is 34.1 Å². The lowest BCUT2D eigenvalue weighted by atomic mass is 10.1. The molecule has 12 nitrogen and oxygen atoms in total. The number of aromatic amines is 2. The van der Waals surface area contributed by atoms with Gasteiger partial charge >= 0.3 is 12.2 Å². The predicted octanol–water partition coefficient (Wildman–Crippen LogP) is 4.00. The Morgan fingerprint density at radius 1 is 1.23 bits per heavy atom. The van der Waals surface area contributed by atoms with E-state index >= 15 is 0 Å². The third kappa shape index (κ3) is 6.53. The first-order valence-electron chi connectivity index (χ1n) is 12.8. The van der Waals surface area contributed by atoms with Crippen LogP contribution in [0.3, 0.4) is 0 Å². The zero-order chi connectivity index (χ0) is 28.5. The molecule has 0 aliphatic heterocycles. The summed E-state index contributed by atoms with van der Waals surface area (Å²) in [6, 6.07) is 3.66. The maximum Gasteiger partial charge on any atom is 0.513 e. The molecule has 1 fully saturated rings. The molecule has 1 aliphatic carbocycles. The van der Waals surface area contributed by atoms with Crippen molar-refractivity contribution in [3.63, 3.8) is 0 Å². The van der Waals surface area contributed by atoms with Crippen LogP contribution in [-0.4, -0.2) is 65.8 Å². The Bertz CT molecular complexity index is 1550. The van der Waals surface area contributed by atoms with E-state index in [-0.39, 0.29) is 40.7 Å². The molecule has 3 N–H and O–H groups in total. The fourth-order valence-corrected chi connectivity index (χ4v) is 5.99. The van der Waals surface area contributed by atoms with E-state index < -0.39 is 39.5 Å². The van der Waals surface area contributed by atoms with E-state index in [1.807, 2.05) is 6.92 Å². The van der Waals surface area contributed by atoms with Crippen molar-refractivity contribution in [3.05, 3.63) is 34.7 Å². The summed E-state index contributed by atoms with van der Waals surface area (Å²) < 4.78 is 44.6. The lowest BCUT2D eigenvalue weighted by Crippen LogP contribution is -2.46. The van der Waals surface area contributed by atoms with Crippen LogP contribution in [0.25, 0.3) is 21.8 Å². The van der Waals surface area contributed by atoms with Gasteiger partial charge in [-0.3, -0.25) is 4.79 Å². The Hall–Kier alpha value is -3.58. The molecule has 0 spiro atoms. The number of nitrogens with zero attached hydrogens (tertiary/aromatic N) is 1. The topological polar surface area (TPSA) is 160 Å². The third-order valence-corrected chi connectivity index (χ3v) is 7.89. The van der Waals surface area contributed by atoms with Crippen LogP contribution in [0.4, 0.5) is 9.59 Å². The van der Waals surface area contributed by atoms with Crippen LogP contribution in [0, 0.1) is 0 Å². The van der Waals surface area contributed by atoms with Gasteiger partial charge in [0.2, 0.25) is 10.0 Å². The monoisotopic (exact) mass is 562 g/mol. The average Bonchev–Trinajstić information content (AvgIpc) is 3.59. The third-order valence-electron chi connectivity index (χ3n) is 5.97. The van der Waals surface area contributed by atoms with Crippen LogP contribution in [0.5, 0.6) is 5.75 Å². The van der Waals surface area contributed by atoms with Gasteiger partial charge in [0, 0.05) is 35.7 Å². The SMILES string of the molecule is CCCOC(=O)Oc1c[nH]c2c(=O)[nH]c3ccc(S(=O)(=O)N(C[C@@H](C)NC(=O)OC(C)(C)C)C4CC4)cc3c12. The summed E-state index contributed by atoms with van der Waals surface area (Å²) in [6.07, 6.45) is 1.82. The van der Waals surface area contributed by atoms with Gasteiger partial charge in [-0.15, -0.1) is 0 Å². The van der Waals surface area contributed by atoms with Gasteiger partial charge < -0.3 is 29.5 Å². The smallest absolute Gasteiger partial charge is 0.444 e. The standard InChI is InChI=1S/C26H34N4O8S/c1-6-11-36-25(33)37-20-13-27-22-21(20)18-12-17(9-10-19(18)29-23(22)31)39(34,35)30(16-7-8-16)14-15(2)28-24(32)38-26(3,4)5/h9-10,12-13,15-16,27H,6-8,11,14H2,1-5H3,(H,28,32)(H,29,31)/t15-/m1/s1. The molecule has 1 amide bonds. The summed E-state index contributed by atoms with van der Waals surface area (Å²) in [5.41, 5.74) is -0.636. The number of amides is 1. The van der Waals surface area contributed by atoms with Crippen molar-refractivity contribution in [1.82, 2.24) is 19.6 Å². The normalized spacial score (nSPS) is 14.9. The number of benzene rings is 1. The number of fused-ring (bicyclic) bond motifs is 3. The van der Waals surface area contributed by atoms with Crippen molar-refractivity contribution in [3.8, 4) is 5.75 Å². The van der Waals surface area contributed by atoms with Crippen molar-refractivity contribution >= 4 is 44.1 Å². The highest BCUT2D eigenvalue weighted by Gasteiger charge is 2.39. The number of hydrogen-bond acceptors (Lipinski definition) is 8. The summed E-state index contributed by atoms with van der Waals surface area (Å²) in [7, 11) is -4.00. The summed E-state index contributed by atoms with van der Waals surface area (Å²) in [5.74, 6) is 0.0472. The molecule has 1 aliphatic rings. The molecule has 1 saturated carbocycles. The minimum atomic E-state index is -4.00. The van der Waals surface area contributed by atoms with Gasteiger partial charge in [-0.2, -0.15) is 4.31 Å². The quantitative estimate of drug-likeness (QED) is 0.330. The van der Waals surface area contributed by atoms with Gasteiger partial charge in [0.1, 0.15) is 11.1 Å². The summed E-state index contributed by atoms with van der Waals surface area (Å²) in [4.78, 5) is 42.4. The molecule has 2 aromatic heterocycles. The van der Waals surface area contributed by atoms with Gasteiger partial charge in [-0.25, -0.2) is 18.0 Å². The number of carbonyl (C=O) groups is 2. The number of aromatic nitrogens is 2. The maximum atomic E-state index is 13.8. The molecule has 13 heteroatoms. The molecule has 1 atom stereocenters. The van der Waals surface area contributed by atoms with E-state index in [2.05, 4.69) is 15.3 Å². The summed E-state index contributed by atoms with van der Waals surface area (Å²) in [5, 5.41) is 3.34. The van der Waals surface area contributed by atoms with Crippen LogP contribution in [-0.2, 0) is 19.5 Å². The first-order chi connectivity index (χ1) is 18.3. The molecular weight excluding hydrogens is 528 g/mol. The molecule has 0 saturated heterocycles. The van der Waals surface area contributed by atoms with Crippen molar-refractivity contribution in [1.29, 1.82) is 0 Å². The second-order valence-corrected chi connectivity index (χ2v) is 12.5. The number of sulfonamides is 1. The van der Waals surface area contributed by atoms with Gasteiger partial charge in [-0.05, 0) is 65.2 Å². The highest BCUT2D eigenvalue weighted by molar-refractivity contribution is 7.89. The Labute approximate surface area is 226 Å². The van der Waals surface area contributed by atoms with E-state index in [9.17, 15) is 22.8 Å². The zero-order valence-electron chi connectivity index (χ0n) is 22.6. The first kappa shape index (κ1) is 28.4. The number of nitrogens with one attached hydrogen (secondary N) is 3. The second-order valence-electron chi connectivity index (χ2n) is 10.6. The van der Waals surface area contributed by atoms with Crippen LogP contribution >= 0.6 is 0 Å². The average molecular weight is 563 g/mol. The molecule has 0 bridgehead atoms. The summed E-state index contributed by atoms with van der Waals surface area (Å²) >= 11 is 0. The Morgan fingerprint density at radius 2 is 1.95 bits per heavy atom. The summed E-state index contributed by atoms with van der Waals surface area (Å²) in [6.45, 7) is 9.01. The molecule has 2 heterocycles. The number of ether oxygens (including phenoxy) is 3. The molecule has 39 heavy (non-hydrogen) atoms. The van der Waals surface area contributed by atoms with Crippen molar-refractivity contribution < 1.29 is 32.2 Å². The number of H-pyrrole nitrogens is 2. The van der Waals surface area contributed by atoms with Crippen molar-refractivity contribution in [2.24, 2.45) is 0 Å². The number of pyridine rings is 1. The van der Waals surface area contributed by atoms with E-state index in [1.165, 1.54) is 28.7 Å². The Balaban J connectivity index is 1.68. The number of alkyl carbamates (subject to hydrolysis) is 1.